The summed E-state index contributed by atoms with van der Waals surface area (Å²) in [5.41, 5.74) is 1.16. The molecule has 0 aromatic heterocycles. The van der Waals surface area contributed by atoms with Crippen molar-refractivity contribution in [3.05, 3.63) is 35.9 Å². The van der Waals surface area contributed by atoms with Crippen molar-refractivity contribution in [2.24, 2.45) is 0 Å². The fourth-order valence-electron chi connectivity index (χ4n) is 0.642. The molecular formula is C7H7NaOSe. The normalized spacial score (nSPS) is 8.50. The van der Waals surface area contributed by atoms with Gasteiger partial charge in [-0.1, -0.05) is 0 Å². The first-order valence-electron chi connectivity index (χ1n) is 2.72. The van der Waals surface area contributed by atoms with Gasteiger partial charge >= 0.3 is 90.2 Å². The summed E-state index contributed by atoms with van der Waals surface area (Å²) >= 11 is -0.471. The van der Waals surface area contributed by atoms with Gasteiger partial charge in [0.1, 0.15) is 0 Å². The van der Waals surface area contributed by atoms with Crippen LogP contribution in [0.3, 0.4) is 0 Å². The van der Waals surface area contributed by atoms with E-state index in [4.69, 9.17) is 0 Å². The number of benzene rings is 1. The van der Waals surface area contributed by atoms with Crippen LogP contribution in [0.1, 0.15) is 5.56 Å². The van der Waals surface area contributed by atoms with E-state index in [1.165, 1.54) is 0 Å². The molecule has 0 amide bonds. The Labute approximate surface area is 89.6 Å². The molecule has 0 heterocycles. The topological polar surface area (TPSA) is 23.1 Å². The summed E-state index contributed by atoms with van der Waals surface area (Å²) in [7, 11) is 0. The minimum absolute atomic E-state index is 0. The standard InChI is InChI=1S/C7H8OSe.Na/c8-9-6-7-4-2-1-3-5-7;/h1-5,8H,6H2;/q;+1/p-1. The van der Waals surface area contributed by atoms with Crippen LogP contribution in [0.2, 0.25) is 0 Å². The average Bonchev–Trinajstić information content (AvgIpc) is 1.91. The molecule has 0 radical (unpaired) electrons. The Morgan fingerprint density at radius 1 is 1.20 bits per heavy atom. The van der Waals surface area contributed by atoms with Crippen LogP contribution in [-0.4, -0.2) is 15.3 Å². The first-order chi connectivity index (χ1) is 4.43. The molecule has 0 N–H and O–H groups in total. The predicted octanol–water partition coefficient (Wildman–Crippen LogP) is -2.83. The molecule has 1 aromatic rings. The Hall–Kier alpha value is 0.699. The van der Waals surface area contributed by atoms with E-state index in [9.17, 15) is 4.19 Å². The first kappa shape index (κ1) is 10.7. The van der Waals surface area contributed by atoms with Gasteiger partial charge in [0.15, 0.2) is 0 Å². The fraction of sp³-hybridized carbons (Fsp3) is 0.143. The van der Waals surface area contributed by atoms with E-state index in [1.54, 1.807) is 0 Å². The van der Waals surface area contributed by atoms with E-state index in [0.717, 1.165) is 5.56 Å². The van der Waals surface area contributed by atoms with Crippen LogP contribution >= 0.6 is 0 Å². The Morgan fingerprint density at radius 3 is 2.30 bits per heavy atom. The second-order valence-electron chi connectivity index (χ2n) is 1.75. The van der Waals surface area contributed by atoms with Crippen molar-refractivity contribution in [2.75, 3.05) is 0 Å². The van der Waals surface area contributed by atoms with Crippen molar-refractivity contribution in [3.8, 4) is 0 Å². The summed E-state index contributed by atoms with van der Waals surface area (Å²) in [5.74, 6) is 0. The molecule has 0 saturated carbocycles. The number of hydrogen-bond donors (Lipinski definition) is 0. The molecule has 1 aromatic carbocycles. The molecule has 1 nitrogen and oxygen atoms in total. The Balaban J connectivity index is 0.000000810. The zero-order valence-corrected chi connectivity index (χ0v) is 9.62. The van der Waals surface area contributed by atoms with Gasteiger partial charge in [0.05, 0.1) is 0 Å². The third-order valence-corrected chi connectivity index (χ3v) is 2.02. The summed E-state index contributed by atoms with van der Waals surface area (Å²) < 4.78 is 10.2. The molecule has 0 bridgehead atoms. The van der Waals surface area contributed by atoms with Gasteiger partial charge in [-0.2, -0.15) is 0 Å². The van der Waals surface area contributed by atoms with E-state index in [0.29, 0.717) is 5.32 Å². The monoisotopic (exact) mass is 210 g/mol. The Morgan fingerprint density at radius 2 is 1.80 bits per heavy atom. The zero-order valence-electron chi connectivity index (χ0n) is 5.91. The van der Waals surface area contributed by atoms with Gasteiger partial charge in [0, 0.05) is 0 Å². The van der Waals surface area contributed by atoms with Crippen LogP contribution < -0.4 is 33.7 Å². The Kier molecular flexibility index (Phi) is 6.86. The first-order valence-corrected chi connectivity index (χ1v) is 4.63. The van der Waals surface area contributed by atoms with E-state index >= 15 is 0 Å². The summed E-state index contributed by atoms with van der Waals surface area (Å²) in [6.45, 7) is 0. The van der Waals surface area contributed by atoms with E-state index in [-0.39, 0.29) is 29.6 Å². The third kappa shape index (κ3) is 3.77. The quantitative estimate of drug-likeness (QED) is 0.481. The molecule has 0 aliphatic carbocycles. The minimum atomic E-state index is -0.471. The van der Waals surface area contributed by atoms with Crippen molar-refractivity contribution in [2.45, 2.75) is 5.32 Å². The van der Waals surface area contributed by atoms with E-state index in [2.05, 4.69) is 0 Å². The molecule has 3 heteroatoms. The molecule has 0 fully saturated rings. The molecule has 1 rings (SSSR count). The second kappa shape index (κ2) is 6.41. The van der Waals surface area contributed by atoms with E-state index in [1.807, 2.05) is 30.3 Å². The van der Waals surface area contributed by atoms with Crippen LogP contribution in [0, 0.1) is 0 Å². The van der Waals surface area contributed by atoms with Crippen LogP contribution in [0.15, 0.2) is 30.3 Å². The summed E-state index contributed by atoms with van der Waals surface area (Å²) in [6, 6.07) is 9.85. The molecule has 10 heavy (non-hydrogen) atoms. The maximum absolute atomic E-state index is 10.2. The number of rotatable bonds is 2. The molecule has 0 saturated heterocycles. The van der Waals surface area contributed by atoms with Crippen LogP contribution in [0.5, 0.6) is 0 Å². The van der Waals surface area contributed by atoms with Gasteiger partial charge in [-0.15, -0.1) is 0 Å². The molecule has 0 atom stereocenters. The predicted molar refractivity (Wildman–Crippen MR) is 35.9 cm³/mol. The Bertz CT molecular complexity index is 167. The van der Waals surface area contributed by atoms with Crippen LogP contribution in [0.4, 0.5) is 0 Å². The zero-order chi connectivity index (χ0) is 6.53. The summed E-state index contributed by atoms with van der Waals surface area (Å²) in [5, 5.41) is 0.716. The maximum atomic E-state index is 10.2. The molecular weight excluding hydrogens is 202 g/mol. The molecule has 0 spiro atoms. The molecule has 0 aliphatic heterocycles. The number of hydrogen-bond acceptors (Lipinski definition) is 1. The van der Waals surface area contributed by atoms with Gasteiger partial charge in [-0.3, -0.25) is 0 Å². The van der Waals surface area contributed by atoms with Gasteiger partial charge in [-0.05, 0) is 0 Å². The third-order valence-electron chi connectivity index (χ3n) is 1.07. The summed E-state index contributed by atoms with van der Waals surface area (Å²) in [6.07, 6.45) is 0. The van der Waals surface area contributed by atoms with Crippen molar-refractivity contribution in [1.82, 2.24) is 0 Å². The fourth-order valence-corrected chi connectivity index (χ4v) is 1.33. The van der Waals surface area contributed by atoms with Gasteiger partial charge in [0.2, 0.25) is 0 Å². The second-order valence-corrected chi connectivity index (χ2v) is 2.85. The SMILES string of the molecule is [Na+].[O-][Se]Cc1ccccc1. The average molecular weight is 209 g/mol. The van der Waals surface area contributed by atoms with Crippen LogP contribution in [0.25, 0.3) is 0 Å². The van der Waals surface area contributed by atoms with Crippen molar-refractivity contribution in [3.63, 3.8) is 0 Å². The van der Waals surface area contributed by atoms with Crippen LogP contribution in [-0.2, 0) is 5.32 Å². The van der Waals surface area contributed by atoms with Gasteiger partial charge in [-0.25, -0.2) is 0 Å². The van der Waals surface area contributed by atoms with Crippen molar-refractivity contribution >= 4 is 15.3 Å². The molecule has 0 unspecified atom stereocenters. The molecule has 48 valence electrons. The molecule has 0 aliphatic rings. The van der Waals surface area contributed by atoms with Crippen molar-refractivity contribution < 1.29 is 33.7 Å². The van der Waals surface area contributed by atoms with Crippen molar-refractivity contribution in [1.29, 1.82) is 0 Å². The van der Waals surface area contributed by atoms with Gasteiger partial charge < -0.3 is 0 Å². The van der Waals surface area contributed by atoms with Gasteiger partial charge in [0.25, 0.3) is 0 Å². The van der Waals surface area contributed by atoms with E-state index < -0.39 is 15.3 Å². The summed E-state index contributed by atoms with van der Waals surface area (Å²) in [4.78, 5) is 0.